The molecule has 300 valence electrons. The van der Waals surface area contributed by atoms with Crippen LogP contribution < -0.4 is 0 Å². The van der Waals surface area contributed by atoms with E-state index < -0.39 is 0 Å². The molecule has 0 N–H and O–H groups in total. The van der Waals surface area contributed by atoms with Crippen molar-refractivity contribution < 1.29 is 0 Å². The highest BCUT2D eigenvalue weighted by molar-refractivity contribution is 5.59. The summed E-state index contributed by atoms with van der Waals surface area (Å²) in [7, 11) is 0. The third-order valence-electron chi connectivity index (χ3n) is 12.9. The lowest BCUT2D eigenvalue weighted by Gasteiger charge is -2.43. The van der Waals surface area contributed by atoms with Gasteiger partial charge in [-0.15, -0.1) is 6.58 Å². The molecule has 56 heavy (non-hydrogen) atoms. The van der Waals surface area contributed by atoms with Gasteiger partial charge in [0.2, 0.25) is 0 Å². The van der Waals surface area contributed by atoms with Crippen LogP contribution in [0.25, 0.3) is 0 Å². The van der Waals surface area contributed by atoms with E-state index in [2.05, 4.69) is 176 Å². The van der Waals surface area contributed by atoms with Crippen LogP contribution in [0.2, 0.25) is 0 Å². The van der Waals surface area contributed by atoms with Crippen molar-refractivity contribution in [1.29, 1.82) is 0 Å². The van der Waals surface area contributed by atoms with Crippen molar-refractivity contribution in [2.75, 3.05) is 6.54 Å². The van der Waals surface area contributed by atoms with Crippen molar-refractivity contribution in [3.05, 3.63) is 155 Å². The van der Waals surface area contributed by atoms with E-state index in [0.717, 1.165) is 31.4 Å². The Kier molecular flexibility index (Phi) is 18.7. The quantitative estimate of drug-likeness (QED) is 0.0915. The fourth-order valence-corrected chi connectivity index (χ4v) is 9.72. The standard InChI is InChI=1S/C55H75N/c1-11-19-26-48-38-50(53(18-8)55(25-14-4)42(48)10)39-49(24-13-3)45(16-6)33-34-51(17-7)56(40-43-29-31-46(32-30-43)44(15-5)23-12-2)52-35-36-54(41(9)37-52)47-27-21-20-22-28-47/h12,14-18,21,23-25,27-31,39,41-42,46,48,51-52,54H,4,7,11,13,19-20,22,26,32,35-38,40H2,1-3,5-6,8-10H3/b23-12-,44-15+,45-16+,49-24+,50-39+,53-18-,55-25?/t41-,42-,46-,48?,51?,52?,54?/m1/s1. The fourth-order valence-electron chi connectivity index (χ4n) is 9.72. The third kappa shape index (κ3) is 11.8. The lowest BCUT2D eigenvalue weighted by molar-refractivity contribution is 0.117. The highest BCUT2D eigenvalue weighted by Crippen LogP contribution is 2.44. The minimum Gasteiger partial charge on any atom is -0.279 e. The Morgan fingerprint density at radius 1 is 1.02 bits per heavy atom. The summed E-state index contributed by atoms with van der Waals surface area (Å²) in [6.45, 7) is 27.5. The summed E-state index contributed by atoms with van der Waals surface area (Å²) >= 11 is 0. The average molecular weight is 750 g/mol. The summed E-state index contributed by atoms with van der Waals surface area (Å²) in [5, 5.41) is 0. The molecule has 4 aliphatic carbocycles. The summed E-state index contributed by atoms with van der Waals surface area (Å²) in [5.74, 6) is 10.4. The minimum absolute atomic E-state index is 0.0497. The van der Waals surface area contributed by atoms with Crippen molar-refractivity contribution in [3.63, 3.8) is 0 Å². The highest BCUT2D eigenvalue weighted by atomic mass is 15.2. The van der Waals surface area contributed by atoms with Gasteiger partial charge >= 0.3 is 0 Å². The van der Waals surface area contributed by atoms with E-state index in [-0.39, 0.29) is 6.04 Å². The molecule has 0 radical (unpaired) electrons. The molecule has 0 heterocycles. The maximum Gasteiger partial charge on any atom is 0.0907 e. The maximum absolute atomic E-state index is 4.43. The smallest absolute Gasteiger partial charge is 0.0907 e. The average Bonchev–Trinajstić information content (AvgIpc) is 3.22. The molecule has 0 aromatic heterocycles. The molecule has 2 saturated carbocycles. The molecule has 2 fully saturated rings. The molecule has 0 saturated heterocycles. The van der Waals surface area contributed by atoms with Crippen LogP contribution in [0, 0.1) is 41.4 Å². The summed E-state index contributed by atoms with van der Waals surface area (Å²) in [6.07, 6.45) is 49.8. The number of allylic oxidation sites excluding steroid dienone is 21. The number of nitrogens with zero attached hydrogens (tertiary/aromatic N) is 1. The van der Waals surface area contributed by atoms with E-state index in [4.69, 9.17) is 0 Å². The van der Waals surface area contributed by atoms with Gasteiger partial charge in [-0.25, -0.2) is 0 Å². The van der Waals surface area contributed by atoms with Crippen LogP contribution in [0.15, 0.2) is 155 Å². The number of hydrogen-bond acceptors (Lipinski definition) is 1. The zero-order valence-electron chi connectivity index (χ0n) is 36.6. The summed E-state index contributed by atoms with van der Waals surface area (Å²) in [4.78, 5) is 2.69. The van der Waals surface area contributed by atoms with Gasteiger partial charge in [0.15, 0.2) is 0 Å². The molecule has 7 atom stereocenters. The van der Waals surface area contributed by atoms with E-state index in [1.54, 1.807) is 5.57 Å². The van der Waals surface area contributed by atoms with Gasteiger partial charge in [0, 0.05) is 24.1 Å². The lowest BCUT2D eigenvalue weighted by Crippen LogP contribution is -2.46. The first-order valence-electron chi connectivity index (χ1n) is 22.3. The normalized spacial score (nSPS) is 29.1. The van der Waals surface area contributed by atoms with Crippen LogP contribution in [0.5, 0.6) is 0 Å². The van der Waals surface area contributed by atoms with Gasteiger partial charge in [0.1, 0.15) is 0 Å². The van der Waals surface area contributed by atoms with Crippen LogP contribution in [0.1, 0.15) is 126 Å². The molecule has 0 amide bonds. The zero-order chi connectivity index (χ0) is 40.5. The van der Waals surface area contributed by atoms with E-state index in [1.165, 1.54) is 84.8 Å². The van der Waals surface area contributed by atoms with E-state index in [0.29, 0.717) is 35.6 Å². The van der Waals surface area contributed by atoms with Crippen LogP contribution in [0.4, 0.5) is 0 Å². The van der Waals surface area contributed by atoms with Crippen molar-refractivity contribution >= 4 is 0 Å². The van der Waals surface area contributed by atoms with Crippen LogP contribution in [-0.4, -0.2) is 23.5 Å². The lowest BCUT2D eigenvalue weighted by atomic mass is 9.69. The SMILES string of the molecule is C=CC=C1C(=C\C)/C(=C/C(=C\CC)C(/C#CC(C=C)N(CC2=CC[C@H](C(/C=C\C)=C/C)C=C2)C2CCC(C3=CCCC=C3)[C@H](C)C2)=C/C)CC(CCCC)[C@H]1C. The van der Waals surface area contributed by atoms with Crippen LogP contribution in [-0.2, 0) is 0 Å². The van der Waals surface area contributed by atoms with Gasteiger partial charge in [-0.05, 0) is 148 Å². The topological polar surface area (TPSA) is 3.24 Å². The molecule has 0 aliphatic heterocycles. The zero-order valence-corrected chi connectivity index (χ0v) is 36.6. The Morgan fingerprint density at radius 3 is 2.43 bits per heavy atom. The van der Waals surface area contributed by atoms with Gasteiger partial charge in [-0.3, -0.25) is 4.90 Å². The predicted octanol–water partition coefficient (Wildman–Crippen LogP) is 15.1. The first kappa shape index (κ1) is 44.8. The van der Waals surface area contributed by atoms with Gasteiger partial charge in [-0.1, -0.05) is 156 Å². The van der Waals surface area contributed by atoms with Gasteiger partial charge < -0.3 is 0 Å². The Labute approximate surface area is 344 Å². The maximum atomic E-state index is 4.43. The van der Waals surface area contributed by atoms with Crippen LogP contribution >= 0.6 is 0 Å². The summed E-state index contributed by atoms with van der Waals surface area (Å²) in [5.41, 5.74) is 10.9. The third-order valence-corrected chi connectivity index (χ3v) is 12.9. The molecule has 0 bridgehead atoms. The summed E-state index contributed by atoms with van der Waals surface area (Å²) < 4.78 is 0. The van der Waals surface area contributed by atoms with Gasteiger partial charge in [-0.2, -0.15) is 0 Å². The number of hydrogen-bond donors (Lipinski definition) is 0. The first-order chi connectivity index (χ1) is 27.3. The van der Waals surface area contributed by atoms with Gasteiger partial charge in [0.05, 0.1) is 6.04 Å². The largest absolute Gasteiger partial charge is 0.279 e. The molecular formula is C55H75N. The van der Waals surface area contributed by atoms with Crippen molar-refractivity contribution in [3.8, 4) is 11.8 Å². The fraction of sp³-hybridized carbons (Fsp3) is 0.491. The van der Waals surface area contributed by atoms with Gasteiger partial charge in [0.25, 0.3) is 0 Å². The molecule has 0 aromatic carbocycles. The Balaban J connectivity index is 1.68. The second kappa shape index (κ2) is 23.4. The van der Waals surface area contributed by atoms with E-state index >= 15 is 0 Å². The second-order valence-electron chi connectivity index (χ2n) is 16.5. The summed E-state index contributed by atoms with van der Waals surface area (Å²) in [6, 6.07) is 0.401. The molecule has 4 rings (SSSR count). The van der Waals surface area contributed by atoms with E-state index in [9.17, 15) is 0 Å². The number of unbranched alkanes of at least 4 members (excludes halogenated alkanes) is 1. The molecule has 0 spiro atoms. The monoisotopic (exact) mass is 750 g/mol. The number of rotatable bonds is 15. The molecule has 0 aromatic rings. The van der Waals surface area contributed by atoms with Crippen LogP contribution in [0.3, 0.4) is 0 Å². The molecular weight excluding hydrogens is 675 g/mol. The Bertz CT molecular complexity index is 1750. The highest BCUT2D eigenvalue weighted by Gasteiger charge is 2.35. The molecule has 4 unspecified atom stereocenters. The van der Waals surface area contributed by atoms with Crippen molar-refractivity contribution in [2.45, 2.75) is 138 Å². The Hall–Kier alpha value is -3.86. The molecule has 1 heteroatoms. The predicted molar refractivity (Wildman–Crippen MR) is 248 cm³/mol. The van der Waals surface area contributed by atoms with Crippen molar-refractivity contribution in [1.82, 2.24) is 4.90 Å². The first-order valence-corrected chi connectivity index (χ1v) is 22.3. The Morgan fingerprint density at radius 2 is 1.84 bits per heavy atom. The minimum atomic E-state index is -0.0497. The molecule has 1 nitrogen and oxygen atoms in total. The second-order valence-corrected chi connectivity index (χ2v) is 16.5. The van der Waals surface area contributed by atoms with Crippen molar-refractivity contribution in [2.24, 2.45) is 29.6 Å². The van der Waals surface area contributed by atoms with E-state index in [1.807, 2.05) is 6.08 Å². The molecule has 4 aliphatic rings.